The van der Waals surface area contributed by atoms with Crippen molar-refractivity contribution in [2.24, 2.45) is 0 Å². The lowest BCUT2D eigenvalue weighted by Gasteiger charge is -1.92. The first-order valence-electron chi connectivity index (χ1n) is 3.92. The number of rotatable bonds is 3. The van der Waals surface area contributed by atoms with E-state index in [9.17, 15) is 0 Å². The molecule has 0 saturated heterocycles. The third-order valence-corrected chi connectivity index (χ3v) is 1.49. The van der Waals surface area contributed by atoms with Crippen LogP contribution in [0, 0.1) is 11.8 Å². The minimum Gasteiger partial charge on any atom is -0.316 e. The SMILES string of the molecule is CC#CCn1cc(CNC)cn1. The van der Waals surface area contributed by atoms with Crippen LogP contribution in [0.2, 0.25) is 0 Å². The Kier molecular flexibility index (Phi) is 3.36. The minimum atomic E-state index is 0.681. The summed E-state index contributed by atoms with van der Waals surface area (Å²) in [5.74, 6) is 5.78. The summed E-state index contributed by atoms with van der Waals surface area (Å²) >= 11 is 0. The number of aromatic nitrogens is 2. The lowest BCUT2D eigenvalue weighted by atomic mass is 10.4. The van der Waals surface area contributed by atoms with Crippen LogP contribution in [0.4, 0.5) is 0 Å². The molecule has 0 aliphatic rings. The molecule has 0 amide bonds. The summed E-state index contributed by atoms with van der Waals surface area (Å²) in [4.78, 5) is 0. The molecule has 1 N–H and O–H groups in total. The molecule has 0 radical (unpaired) electrons. The highest BCUT2D eigenvalue weighted by atomic mass is 15.3. The molecule has 0 saturated carbocycles. The van der Waals surface area contributed by atoms with E-state index in [1.165, 1.54) is 5.56 Å². The monoisotopic (exact) mass is 163 g/mol. The van der Waals surface area contributed by atoms with Crippen molar-refractivity contribution in [1.82, 2.24) is 15.1 Å². The zero-order valence-corrected chi connectivity index (χ0v) is 7.46. The summed E-state index contributed by atoms with van der Waals surface area (Å²) in [5, 5.41) is 7.21. The molecule has 12 heavy (non-hydrogen) atoms. The summed E-state index contributed by atoms with van der Waals surface area (Å²) in [6, 6.07) is 0. The van der Waals surface area contributed by atoms with E-state index in [0.717, 1.165) is 6.54 Å². The molecule has 0 aliphatic heterocycles. The van der Waals surface area contributed by atoms with Gasteiger partial charge < -0.3 is 5.32 Å². The largest absolute Gasteiger partial charge is 0.316 e. The van der Waals surface area contributed by atoms with E-state index in [0.29, 0.717) is 6.54 Å². The molecule has 1 rings (SSSR count). The quantitative estimate of drug-likeness (QED) is 0.662. The van der Waals surface area contributed by atoms with Gasteiger partial charge in [-0.15, -0.1) is 5.92 Å². The van der Waals surface area contributed by atoms with Gasteiger partial charge in [-0.2, -0.15) is 5.10 Å². The van der Waals surface area contributed by atoms with Gasteiger partial charge >= 0.3 is 0 Å². The lowest BCUT2D eigenvalue weighted by molar-refractivity contribution is 0.713. The Morgan fingerprint density at radius 2 is 2.50 bits per heavy atom. The van der Waals surface area contributed by atoms with E-state index < -0.39 is 0 Å². The molecule has 0 bridgehead atoms. The zero-order chi connectivity index (χ0) is 8.81. The Morgan fingerprint density at radius 1 is 1.67 bits per heavy atom. The van der Waals surface area contributed by atoms with Crippen molar-refractivity contribution < 1.29 is 0 Å². The molecule has 3 heteroatoms. The number of nitrogens with one attached hydrogen (secondary N) is 1. The second-order valence-corrected chi connectivity index (χ2v) is 2.50. The van der Waals surface area contributed by atoms with Crippen molar-refractivity contribution in [3.05, 3.63) is 18.0 Å². The van der Waals surface area contributed by atoms with Crippen LogP contribution in [0.3, 0.4) is 0 Å². The predicted molar refractivity (Wildman–Crippen MR) is 48.4 cm³/mol. The first-order chi connectivity index (χ1) is 5.86. The van der Waals surface area contributed by atoms with Gasteiger partial charge in [0.1, 0.15) is 6.54 Å². The molecule has 0 unspecified atom stereocenters. The molecule has 1 heterocycles. The second kappa shape index (κ2) is 4.58. The van der Waals surface area contributed by atoms with E-state index in [2.05, 4.69) is 22.3 Å². The fraction of sp³-hybridized carbons (Fsp3) is 0.444. The number of nitrogens with zero attached hydrogens (tertiary/aromatic N) is 2. The Hall–Kier alpha value is -1.27. The summed E-state index contributed by atoms with van der Waals surface area (Å²) in [6.45, 7) is 3.37. The normalized spacial score (nSPS) is 9.17. The summed E-state index contributed by atoms with van der Waals surface area (Å²) < 4.78 is 1.84. The van der Waals surface area contributed by atoms with Gasteiger partial charge in [-0.3, -0.25) is 4.68 Å². The molecule has 0 fully saturated rings. The zero-order valence-electron chi connectivity index (χ0n) is 7.46. The van der Waals surface area contributed by atoms with Crippen LogP contribution < -0.4 is 5.32 Å². The first kappa shape index (κ1) is 8.82. The fourth-order valence-electron chi connectivity index (χ4n) is 0.948. The molecule has 0 atom stereocenters. The van der Waals surface area contributed by atoms with E-state index in [1.54, 1.807) is 0 Å². The topological polar surface area (TPSA) is 29.9 Å². The Balaban J connectivity index is 2.55. The summed E-state index contributed by atoms with van der Waals surface area (Å²) in [6.07, 6.45) is 3.86. The van der Waals surface area contributed by atoms with Crippen LogP contribution in [-0.2, 0) is 13.1 Å². The molecule has 3 nitrogen and oxygen atoms in total. The van der Waals surface area contributed by atoms with Crippen LogP contribution in [0.1, 0.15) is 12.5 Å². The maximum absolute atomic E-state index is 4.15. The molecule has 64 valence electrons. The highest BCUT2D eigenvalue weighted by molar-refractivity contribution is 5.05. The summed E-state index contributed by atoms with van der Waals surface area (Å²) in [7, 11) is 1.92. The van der Waals surface area contributed by atoms with Crippen molar-refractivity contribution >= 4 is 0 Å². The maximum atomic E-state index is 4.15. The van der Waals surface area contributed by atoms with Gasteiger partial charge in [0, 0.05) is 18.3 Å². The van der Waals surface area contributed by atoms with Gasteiger partial charge in [0.2, 0.25) is 0 Å². The standard InChI is InChI=1S/C9H13N3/c1-3-4-5-12-8-9(6-10-2)7-11-12/h7-8,10H,5-6H2,1-2H3. The number of hydrogen-bond acceptors (Lipinski definition) is 2. The van der Waals surface area contributed by atoms with E-state index in [-0.39, 0.29) is 0 Å². The van der Waals surface area contributed by atoms with Crippen LogP contribution in [0.25, 0.3) is 0 Å². The van der Waals surface area contributed by atoms with Gasteiger partial charge in [0.05, 0.1) is 6.20 Å². The summed E-state index contributed by atoms with van der Waals surface area (Å²) in [5.41, 5.74) is 1.19. The predicted octanol–water partition coefficient (Wildman–Crippen LogP) is 0.626. The van der Waals surface area contributed by atoms with E-state index in [4.69, 9.17) is 0 Å². The van der Waals surface area contributed by atoms with Gasteiger partial charge in [-0.05, 0) is 14.0 Å². The van der Waals surface area contributed by atoms with Crippen molar-refractivity contribution in [1.29, 1.82) is 0 Å². The van der Waals surface area contributed by atoms with Crippen molar-refractivity contribution in [3.8, 4) is 11.8 Å². The average Bonchev–Trinajstić information content (AvgIpc) is 2.50. The highest BCUT2D eigenvalue weighted by Gasteiger charge is 1.94. The van der Waals surface area contributed by atoms with Crippen molar-refractivity contribution in [2.75, 3.05) is 7.05 Å². The smallest absolute Gasteiger partial charge is 0.102 e. The van der Waals surface area contributed by atoms with E-state index >= 15 is 0 Å². The molecule has 1 aromatic rings. The number of hydrogen-bond donors (Lipinski definition) is 1. The fourth-order valence-corrected chi connectivity index (χ4v) is 0.948. The van der Waals surface area contributed by atoms with E-state index in [1.807, 2.05) is 31.0 Å². The first-order valence-corrected chi connectivity index (χ1v) is 3.92. The highest BCUT2D eigenvalue weighted by Crippen LogP contribution is 1.95. The van der Waals surface area contributed by atoms with Gasteiger partial charge in [0.15, 0.2) is 0 Å². The van der Waals surface area contributed by atoms with Crippen LogP contribution in [0.5, 0.6) is 0 Å². The Labute approximate surface area is 72.8 Å². The minimum absolute atomic E-state index is 0.681. The molecular weight excluding hydrogens is 150 g/mol. The second-order valence-electron chi connectivity index (χ2n) is 2.50. The third-order valence-electron chi connectivity index (χ3n) is 1.49. The van der Waals surface area contributed by atoms with Gasteiger partial charge in [-0.25, -0.2) is 0 Å². The molecule has 1 aromatic heterocycles. The van der Waals surface area contributed by atoms with Gasteiger partial charge in [0.25, 0.3) is 0 Å². The van der Waals surface area contributed by atoms with Crippen molar-refractivity contribution in [3.63, 3.8) is 0 Å². The Bertz CT molecular complexity index is 290. The Morgan fingerprint density at radius 3 is 3.17 bits per heavy atom. The van der Waals surface area contributed by atoms with Crippen LogP contribution >= 0.6 is 0 Å². The molecule has 0 spiro atoms. The van der Waals surface area contributed by atoms with Crippen LogP contribution in [-0.4, -0.2) is 16.8 Å². The lowest BCUT2D eigenvalue weighted by Crippen LogP contribution is -2.03. The maximum Gasteiger partial charge on any atom is 0.102 e. The van der Waals surface area contributed by atoms with Crippen molar-refractivity contribution in [2.45, 2.75) is 20.0 Å². The average molecular weight is 163 g/mol. The third kappa shape index (κ3) is 2.40. The van der Waals surface area contributed by atoms with Crippen LogP contribution in [0.15, 0.2) is 12.4 Å². The molecular formula is C9H13N3. The molecule has 0 aromatic carbocycles. The van der Waals surface area contributed by atoms with Gasteiger partial charge in [-0.1, -0.05) is 5.92 Å². The molecule has 0 aliphatic carbocycles.